The number of hydrogen-bond donors (Lipinski definition) is 2. The minimum absolute atomic E-state index is 0.0494. The first-order valence-corrected chi connectivity index (χ1v) is 8.95. The second-order valence-electron chi connectivity index (χ2n) is 7.12. The molecule has 1 unspecified atom stereocenters. The van der Waals surface area contributed by atoms with Crippen LogP contribution in [0, 0.1) is 5.92 Å². The molecule has 0 saturated carbocycles. The molecule has 1 aliphatic rings. The van der Waals surface area contributed by atoms with E-state index in [1.165, 1.54) is 18.5 Å². The van der Waals surface area contributed by atoms with Gasteiger partial charge in [0.1, 0.15) is 0 Å². The highest BCUT2D eigenvalue weighted by Gasteiger charge is 2.24. The number of carbonyl (C=O) groups excluding carboxylic acids is 1. The zero-order chi connectivity index (χ0) is 17.6. The molecule has 2 N–H and O–H groups in total. The van der Waals surface area contributed by atoms with Crippen molar-refractivity contribution in [2.45, 2.75) is 52.0 Å². The Balaban J connectivity index is 1.90. The van der Waals surface area contributed by atoms with Crippen molar-refractivity contribution in [1.82, 2.24) is 10.6 Å². The van der Waals surface area contributed by atoms with Crippen LogP contribution in [0.4, 0.5) is 16.2 Å². The van der Waals surface area contributed by atoms with Gasteiger partial charge < -0.3 is 15.3 Å². The van der Waals surface area contributed by atoms with Gasteiger partial charge in [-0.1, -0.05) is 13.8 Å². The maximum atomic E-state index is 12.1. The van der Waals surface area contributed by atoms with E-state index in [0.29, 0.717) is 12.1 Å². The van der Waals surface area contributed by atoms with E-state index in [9.17, 15) is 4.79 Å². The zero-order valence-electron chi connectivity index (χ0n) is 15.1. The van der Waals surface area contributed by atoms with Crippen molar-refractivity contribution in [2.24, 2.45) is 5.92 Å². The Morgan fingerprint density at radius 1 is 1.33 bits per heavy atom. The Morgan fingerprint density at radius 2 is 1.96 bits per heavy atom. The van der Waals surface area contributed by atoms with Crippen molar-refractivity contribution >= 4 is 17.4 Å². The molecule has 1 atom stereocenters. The molecule has 0 spiro atoms. The highest BCUT2D eigenvalue weighted by Crippen LogP contribution is 2.24. The molecule has 5 heteroatoms. The predicted molar refractivity (Wildman–Crippen MR) is 97.8 cm³/mol. The number of urea groups is 1. The topological polar surface area (TPSA) is 66.7 Å². The lowest BCUT2D eigenvalue weighted by Gasteiger charge is -2.32. The molecular formula is C19H30N3O2. The van der Waals surface area contributed by atoms with Crippen LogP contribution in [0.25, 0.3) is 0 Å². The van der Waals surface area contributed by atoms with Gasteiger partial charge in [0, 0.05) is 30.9 Å². The molecule has 1 aromatic carbocycles. The van der Waals surface area contributed by atoms with Gasteiger partial charge in [-0.3, -0.25) is 0 Å². The number of amides is 2. The third-order valence-electron chi connectivity index (χ3n) is 5.08. The standard InChI is InChI=1S/C19H30N3O2/c1-4-19(3,11-14-23)21-18(24)20-16-5-7-17(8-6-16)22-12-9-15(2)10-13-22/h5-8,15,23H,4,9-14H2,1-3H3,(H,21,24). The first kappa shape index (κ1) is 18.6. The number of aliphatic hydroxyl groups is 1. The Kier molecular flexibility index (Phi) is 6.49. The summed E-state index contributed by atoms with van der Waals surface area (Å²) in [6.07, 6.45) is 3.74. The third kappa shape index (κ3) is 5.13. The second kappa shape index (κ2) is 8.38. The van der Waals surface area contributed by atoms with Crippen LogP contribution in [-0.2, 0) is 0 Å². The van der Waals surface area contributed by atoms with Crippen LogP contribution >= 0.6 is 0 Å². The molecule has 1 fully saturated rings. The summed E-state index contributed by atoms with van der Waals surface area (Å²) in [4.78, 5) is 14.5. The van der Waals surface area contributed by atoms with E-state index >= 15 is 0 Å². The monoisotopic (exact) mass is 332 g/mol. The van der Waals surface area contributed by atoms with Crippen LogP contribution in [0.5, 0.6) is 0 Å². The Bertz CT molecular complexity index is 524. The molecular weight excluding hydrogens is 302 g/mol. The van der Waals surface area contributed by atoms with Crippen LogP contribution < -0.4 is 15.5 Å². The van der Waals surface area contributed by atoms with Crippen LogP contribution in [0.15, 0.2) is 24.3 Å². The van der Waals surface area contributed by atoms with Crippen LogP contribution in [0.3, 0.4) is 0 Å². The van der Waals surface area contributed by atoms with Crippen molar-refractivity contribution < 1.29 is 9.90 Å². The van der Waals surface area contributed by atoms with E-state index in [2.05, 4.69) is 22.5 Å². The number of hydrogen-bond acceptors (Lipinski definition) is 3. The van der Waals surface area contributed by atoms with Gasteiger partial charge in [0.2, 0.25) is 0 Å². The summed E-state index contributed by atoms with van der Waals surface area (Å²) in [5, 5.41) is 16.1. The summed E-state index contributed by atoms with van der Waals surface area (Å²) in [6.45, 7) is 8.45. The fraction of sp³-hybridized carbons (Fsp3) is 0.632. The number of carbonyl (C=O) groups is 1. The Labute approximate surface area is 145 Å². The first-order chi connectivity index (χ1) is 11.5. The molecule has 2 rings (SSSR count). The molecule has 24 heavy (non-hydrogen) atoms. The first-order valence-electron chi connectivity index (χ1n) is 8.95. The van der Waals surface area contributed by atoms with E-state index in [0.717, 1.165) is 25.4 Å². The van der Waals surface area contributed by atoms with Crippen molar-refractivity contribution in [3.05, 3.63) is 24.3 Å². The maximum absolute atomic E-state index is 12.1. The predicted octanol–water partition coefficient (Wildman–Crippen LogP) is 3.42. The molecule has 1 saturated heterocycles. The Morgan fingerprint density at radius 3 is 2.50 bits per heavy atom. The summed E-state index contributed by atoms with van der Waals surface area (Å²) in [6, 6.07) is 7.50. The van der Waals surface area contributed by atoms with Gasteiger partial charge in [-0.2, -0.15) is 5.32 Å². The minimum Gasteiger partial charge on any atom is -0.396 e. The molecule has 5 nitrogen and oxygen atoms in total. The van der Waals surface area contributed by atoms with E-state index in [4.69, 9.17) is 5.11 Å². The van der Waals surface area contributed by atoms with E-state index in [-0.39, 0.29) is 12.6 Å². The lowest BCUT2D eigenvalue weighted by molar-refractivity contribution is 0.203. The number of nitrogens with zero attached hydrogens (tertiary/aromatic N) is 2. The third-order valence-corrected chi connectivity index (χ3v) is 5.08. The highest BCUT2D eigenvalue weighted by atomic mass is 16.3. The molecule has 1 radical (unpaired) electrons. The molecule has 1 aliphatic heterocycles. The average molecular weight is 332 g/mol. The van der Waals surface area contributed by atoms with Crippen molar-refractivity contribution in [3.63, 3.8) is 0 Å². The van der Waals surface area contributed by atoms with Crippen molar-refractivity contribution in [3.8, 4) is 0 Å². The lowest BCUT2D eigenvalue weighted by atomic mass is 9.95. The number of nitrogens with one attached hydrogen (secondary N) is 1. The fourth-order valence-electron chi connectivity index (χ4n) is 2.98. The zero-order valence-corrected chi connectivity index (χ0v) is 15.1. The summed E-state index contributed by atoms with van der Waals surface area (Å²) in [5.74, 6) is 0.811. The summed E-state index contributed by atoms with van der Waals surface area (Å²) in [5.41, 5.74) is 1.43. The van der Waals surface area contributed by atoms with Crippen LogP contribution in [0.2, 0.25) is 0 Å². The SMILES string of the molecule is CCC(C)(CCO)NC(=O)[N]c1ccc(N2CCC(C)CC2)cc1. The second-order valence-corrected chi connectivity index (χ2v) is 7.12. The number of benzene rings is 1. The van der Waals surface area contributed by atoms with Crippen molar-refractivity contribution in [1.29, 1.82) is 0 Å². The lowest BCUT2D eigenvalue weighted by Crippen LogP contribution is -2.47. The summed E-state index contributed by atoms with van der Waals surface area (Å²) in [7, 11) is 0. The number of piperidine rings is 1. The quantitative estimate of drug-likeness (QED) is 0.839. The van der Waals surface area contributed by atoms with Crippen LogP contribution in [0.1, 0.15) is 46.5 Å². The molecule has 0 aromatic heterocycles. The van der Waals surface area contributed by atoms with Gasteiger partial charge in [-0.15, -0.1) is 0 Å². The largest absolute Gasteiger partial charge is 0.396 e. The van der Waals surface area contributed by atoms with Gasteiger partial charge in [0.25, 0.3) is 0 Å². The fourth-order valence-corrected chi connectivity index (χ4v) is 2.98. The number of anilines is 1. The minimum atomic E-state index is -0.417. The summed E-state index contributed by atoms with van der Waals surface area (Å²) >= 11 is 0. The smallest absolute Gasteiger partial charge is 0.341 e. The van der Waals surface area contributed by atoms with Gasteiger partial charge >= 0.3 is 6.03 Å². The van der Waals surface area contributed by atoms with E-state index in [1.807, 2.05) is 38.1 Å². The van der Waals surface area contributed by atoms with Gasteiger partial charge in [-0.25, -0.2) is 4.79 Å². The van der Waals surface area contributed by atoms with Gasteiger partial charge in [0.15, 0.2) is 0 Å². The molecule has 0 bridgehead atoms. The Hall–Kier alpha value is -1.75. The molecule has 1 aromatic rings. The number of rotatable bonds is 6. The van der Waals surface area contributed by atoms with Crippen molar-refractivity contribution in [2.75, 3.05) is 24.6 Å². The summed E-state index contributed by atoms with van der Waals surface area (Å²) < 4.78 is 0. The molecule has 0 aliphatic carbocycles. The average Bonchev–Trinajstić information content (AvgIpc) is 2.56. The number of aliphatic hydroxyl groups excluding tert-OH is 1. The van der Waals surface area contributed by atoms with Gasteiger partial charge in [-0.05, 0) is 62.8 Å². The van der Waals surface area contributed by atoms with E-state index in [1.54, 1.807) is 0 Å². The van der Waals surface area contributed by atoms with E-state index < -0.39 is 5.54 Å². The molecule has 1 heterocycles. The normalized spacial score (nSPS) is 18.1. The molecule has 2 amide bonds. The molecule has 133 valence electrons. The van der Waals surface area contributed by atoms with Crippen LogP contribution in [-0.4, -0.2) is 36.4 Å². The highest BCUT2D eigenvalue weighted by molar-refractivity contribution is 5.79. The van der Waals surface area contributed by atoms with Gasteiger partial charge in [0.05, 0.1) is 5.69 Å². The maximum Gasteiger partial charge on any atom is 0.341 e.